The van der Waals surface area contributed by atoms with Gasteiger partial charge in [0.05, 0.1) is 0 Å². The number of rotatable bonds is 0. The van der Waals surface area contributed by atoms with Gasteiger partial charge in [-0.2, -0.15) is 0 Å². The molecule has 2 rings (SSSR count). The van der Waals surface area contributed by atoms with Crippen LogP contribution in [0.3, 0.4) is 0 Å². The Hall–Kier alpha value is 1.45. The molecule has 0 radical (unpaired) electrons. The Bertz CT molecular complexity index is 271. The molecule has 0 N–H and O–H groups in total. The number of hydrogen-bond acceptors (Lipinski definition) is 0. The van der Waals surface area contributed by atoms with Crippen molar-refractivity contribution in [2.45, 2.75) is 0 Å². The van der Waals surface area contributed by atoms with Crippen LogP contribution in [0, 0.1) is 0 Å². The van der Waals surface area contributed by atoms with E-state index in [0.29, 0.717) is 26.3 Å². The SMILES string of the molecule is c1ccc2c(c1)[As]=[As][As]=[As]2. The molecule has 0 fully saturated rings. The molecule has 10 heavy (non-hydrogen) atoms. The monoisotopic (exact) mass is 376 g/mol. The summed E-state index contributed by atoms with van der Waals surface area (Å²) in [6.45, 7) is 0. The van der Waals surface area contributed by atoms with Crippen LogP contribution in [0.1, 0.15) is 0 Å². The Morgan fingerprint density at radius 1 is 0.800 bits per heavy atom. The molecular weight excluding hydrogens is 372 g/mol. The average molecular weight is 376 g/mol. The van der Waals surface area contributed by atoms with Gasteiger partial charge in [0.25, 0.3) is 0 Å². The summed E-state index contributed by atoms with van der Waals surface area (Å²) in [5.74, 6) is 0. The van der Waals surface area contributed by atoms with Gasteiger partial charge in [0.15, 0.2) is 0 Å². The van der Waals surface area contributed by atoms with Crippen LogP contribution in [0.4, 0.5) is 0 Å². The van der Waals surface area contributed by atoms with Gasteiger partial charge in [0, 0.05) is 0 Å². The van der Waals surface area contributed by atoms with E-state index in [0.717, 1.165) is 22.1 Å². The summed E-state index contributed by atoms with van der Waals surface area (Å²) in [7, 11) is 0. The van der Waals surface area contributed by atoms with Crippen LogP contribution in [0.25, 0.3) is 0 Å². The molecule has 48 valence electrons. The summed E-state index contributed by atoms with van der Waals surface area (Å²) in [5, 5.41) is 0. The molecule has 0 saturated heterocycles. The zero-order chi connectivity index (χ0) is 6.81. The van der Waals surface area contributed by atoms with Gasteiger partial charge >= 0.3 is 81.4 Å². The van der Waals surface area contributed by atoms with Crippen molar-refractivity contribution >= 4 is 57.1 Å². The van der Waals surface area contributed by atoms with Gasteiger partial charge in [-0.05, 0) is 0 Å². The standard InChI is InChI=1S/C6H4As4/c1-2-4-6-5(3-1)7-9-10-8-6/h1-4H. The molecule has 0 saturated carbocycles. The van der Waals surface area contributed by atoms with Crippen LogP contribution in [0.15, 0.2) is 24.3 Å². The predicted molar refractivity (Wildman–Crippen MR) is 48.7 cm³/mol. The molecule has 1 aromatic rings. The summed E-state index contributed by atoms with van der Waals surface area (Å²) in [5.41, 5.74) is 0. The Morgan fingerprint density at radius 2 is 1.30 bits per heavy atom. The van der Waals surface area contributed by atoms with Crippen molar-refractivity contribution in [1.82, 2.24) is 0 Å². The maximum absolute atomic E-state index is 2.36. The summed E-state index contributed by atoms with van der Waals surface area (Å²) in [6, 6.07) is 9.14. The van der Waals surface area contributed by atoms with Gasteiger partial charge in [0.1, 0.15) is 0 Å². The average Bonchev–Trinajstić information content (AvgIpc) is 2.05. The zero-order valence-corrected chi connectivity index (χ0v) is 12.6. The molecule has 0 nitrogen and oxygen atoms in total. The van der Waals surface area contributed by atoms with E-state index in [1.54, 1.807) is 8.70 Å². The molecular formula is C6H4As4. The maximum atomic E-state index is 2.36. The van der Waals surface area contributed by atoms with Gasteiger partial charge in [-0.25, -0.2) is 0 Å². The van der Waals surface area contributed by atoms with Crippen molar-refractivity contribution in [2.24, 2.45) is 0 Å². The first-order valence-corrected chi connectivity index (χ1v) is 20.4. The summed E-state index contributed by atoms with van der Waals surface area (Å²) in [4.78, 5) is 0. The third-order valence-electron chi connectivity index (χ3n) is 1.23. The van der Waals surface area contributed by atoms with Crippen molar-refractivity contribution in [3.63, 3.8) is 0 Å². The van der Waals surface area contributed by atoms with Gasteiger partial charge in [-0.3, -0.25) is 0 Å². The topological polar surface area (TPSA) is 0 Å². The molecule has 0 aliphatic carbocycles. The zero-order valence-electron chi connectivity index (χ0n) is 5.10. The van der Waals surface area contributed by atoms with E-state index in [4.69, 9.17) is 0 Å². The van der Waals surface area contributed by atoms with Crippen molar-refractivity contribution in [3.8, 4) is 0 Å². The fraction of sp³-hybridized carbons (Fsp3) is 0. The van der Waals surface area contributed by atoms with Crippen LogP contribution in [0.2, 0.25) is 0 Å². The van der Waals surface area contributed by atoms with E-state index < -0.39 is 0 Å². The first kappa shape index (κ1) is 8.07. The molecule has 0 unspecified atom stereocenters. The molecule has 0 bridgehead atoms. The van der Waals surface area contributed by atoms with E-state index in [-0.39, 0.29) is 0 Å². The molecule has 1 aromatic carbocycles. The summed E-state index contributed by atoms with van der Waals surface area (Å²) in [6.07, 6.45) is 0. The van der Waals surface area contributed by atoms with Gasteiger partial charge in [-0.1, -0.05) is 0 Å². The van der Waals surface area contributed by atoms with E-state index in [2.05, 4.69) is 24.3 Å². The second kappa shape index (κ2) is 3.91. The first-order chi connectivity index (χ1) is 4.97. The fourth-order valence-corrected chi connectivity index (χ4v) is 53.5. The van der Waals surface area contributed by atoms with E-state index in [1.807, 2.05) is 0 Å². The summed E-state index contributed by atoms with van der Waals surface area (Å²) < 4.78 is 3.56. The number of hydrogen-bond donors (Lipinski definition) is 0. The molecule has 4 heteroatoms. The second-order valence-electron chi connectivity index (χ2n) is 1.87. The number of fused-ring (bicyclic) bond motifs is 1. The van der Waals surface area contributed by atoms with Crippen molar-refractivity contribution < 1.29 is 0 Å². The van der Waals surface area contributed by atoms with Crippen LogP contribution in [-0.4, -0.2) is 48.4 Å². The normalized spacial score (nSPS) is 19.6. The van der Waals surface area contributed by atoms with Crippen molar-refractivity contribution in [1.29, 1.82) is 0 Å². The Morgan fingerprint density at radius 3 is 1.80 bits per heavy atom. The van der Waals surface area contributed by atoms with E-state index in [9.17, 15) is 0 Å². The Balaban J connectivity index is 2.65. The molecule has 0 spiro atoms. The Kier molecular flexibility index (Phi) is 3.16. The predicted octanol–water partition coefficient (Wildman–Crippen LogP) is -1.49. The Labute approximate surface area is 80.4 Å². The molecule has 0 aromatic heterocycles. The molecule has 0 amide bonds. The second-order valence-corrected chi connectivity index (χ2v) is 34.0. The van der Waals surface area contributed by atoms with Gasteiger partial charge < -0.3 is 0 Å². The van der Waals surface area contributed by atoms with Crippen LogP contribution in [-0.2, 0) is 0 Å². The van der Waals surface area contributed by atoms with Crippen LogP contribution >= 0.6 is 0 Å². The fourth-order valence-electron chi connectivity index (χ4n) is 0.770. The van der Waals surface area contributed by atoms with Crippen LogP contribution in [0.5, 0.6) is 0 Å². The minimum absolute atomic E-state index is 0.688. The van der Waals surface area contributed by atoms with Crippen LogP contribution < -0.4 is 8.70 Å². The molecule has 1 aliphatic heterocycles. The molecule has 1 aliphatic rings. The molecule has 0 atom stereocenters. The number of benzene rings is 1. The van der Waals surface area contributed by atoms with E-state index in [1.165, 1.54) is 0 Å². The third kappa shape index (κ3) is 1.79. The minimum atomic E-state index is 0.688. The quantitative estimate of drug-likeness (QED) is 0.485. The van der Waals surface area contributed by atoms with Crippen molar-refractivity contribution in [3.05, 3.63) is 24.3 Å². The van der Waals surface area contributed by atoms with Crippen molar-refractivity contribution in [2.75, 3.05) is 0 Å². The van der Waals surface area contributed by atoms with Gasteiger partial charge in [-0.15, -0.1) is 0 Å². The summed E-state index contributed by atoms with van der Waals surface area (Å²) >= 11 is 3.14. The first-order valence-electron chi connectivity index (χ1n) is 2.87. The third-order valence-corrected chi connectivity index (χ3v) is 50.9. The van der Waals surface area contributed by atoms with E-state index >= 15 is 0 Å². The molecule has 1 heterocycles. The van der Waals surface area contributed by atoms with Gasteiger partial charge in [0.2, 0.25) is 0 Å².